The van der Waals surface area contributed by atoms with Crippen molar-refractivity contribution in [3.05, 3.63) is 22.1 Å². The minimum absolute atomic E-state index is 0.173. The van der Waals surface area contributed by atoms with E-state index < -0.39 is 45.4 Å². The Labute approximate surface area is 100 Å². The molecule has 0 amide bonds. The highest BCUT2D eigenvalue weighted by molar-refractivity contribution is 7.91. The predicted molar refractivity (Wildman–Crippen MR) is 57.9 cm³/mol. The first-order valence-corrected chi connectivity index (χ1v) is 5.85. The number of rotatable bonds is 5. The van der Waals surface area contributed by atoms with Gasteiger partial charge >= 0.3 is 5.82 Å². The Balaban J connectivity index is 3.04. The Morgan fingerprint density at radius 1 is 1.75 bits per heavy atom. The third-order valence-corrected chi connectivity index (χ3v) is 2.99. The summed E-state index contributed by atoms with van der Waals surface area (Å²) in [5.74, 6) is -1.17. The maximum atomic E-state index is 11.8. The van der Waals surface area contributed by atoms with Gasteiger partial charge in [0.05, 0.1) is 5.75 Å². The van der Waals surface area contributed by atoms with Crippen LogP contribution in [-0.4, -0.2) is 34.3 Å². The lowest BCUT2D eigenvalue weighted by atomic mass is 10.6. The van der Waals surface area contributed by atoms with Crippen LogP contribution in [0.25, 0.3) is 0 Å². The molecule has 0 bridgehead atoms. The summed E-state index contributed by atoms with van der Waals surface area (Å²) < 4.78 is 60.0. The smallest absolute Gasteiger partial charge is 0.342 e. The van der Waals surface area contributed by atoms with E-state index in [9.17, 15) is 18.5 Å². The second kappa shape index (κ2) is 4.60. The Morgan fingerprint density at radius 3 is 3.00 bits per heavy atom. The van der Waals surface area contributed by atoms with Crippen molar-refractivity contribution in [1.29, 1.82) is 0 Å². The molecular weight excluding hydrogens is 234 g/mol. The fraction of sp³-hybridized carbons (Fsp3) is 0.625. The molecule has 1 heterocycles. The summed E-state index contributed by atoms with van der Waals surface area (Å²) in [6.45, 7) is -2.39. The lowest BCUT2D eigenvalue weighted by Gasteiger charge is -2.02. The van der Waals surface area contributed by atoms with E-state index in [1.54, 1.807) is 0 Å². The second-order valence-electron chi connectivity index (χ2n) is 2.99. The lowest BCUT2D eigenvalue weighted by Crippen LogP contribution is -2.16. The summed E-state index contributed by atoms with van der Waals surface area (Å²) in [4.78, 5) is 13.7. The molecule has 0 aromatic carbocycles. The number of imidazole rings is 1. The molecule has 0 aliphatic rings. The van der Waals surface area contributed by atoms with Crippen LogP contribution in [0.2, 0.25) is 0 Å². The molecule has 0 radical (unpaired) electrons. The number of nitrogens with zero attached hydrogens (tertiary/aromatic N) is 3. The van der Waals surface area contributed by atoms with Crippen LogP contribution in [0.5, 0.6) is 0 Å². The van der Waals surface area contributed by atoms with E-state index in [1.807, 2.05) is 0 Å². The number of aryl methyl sites for hydroxylation is 1. The maximum absolute atomic E-state index is 11.8. The molecule has 0 aliphatic heterocycles. The molecule has 90 valence electrons. The van der Waals surface area contributed by atoms with Crippen molar-refractivity contribution >= 4 is 15.7 Å². The standard InChI is InChI=1S/C8H13N3O4S/c1-3-16(14,15)5-4-10-7(2)9-6-8(10)11(12)13/h6H,3-5H2,1-2H3/i1D3,3D2. The molecule has 1 rings (SSSR count). The summed E-state index contributed by atoms with van der Waals surface area (Å²) in [6.07, 6.45) is 0.945. The molecule has 0 unspecified atom stereocenters. The molecule has 0 aliphatic carbocycles. The van der Waals surface area contributed by atoms with Gasteiger partial charge in [-0.15, -0.1) is 0 Å². The molecular formula is C8H13N3O4S. The average molecular weight is 252 g/mol. The third-order valence-electron chi connectivity index (χ3n) is 1.96. The molecule has 7 nitrogen and oxygen atoms in total. The first-order valence-electron chi connectivity index (χ1n) is 6.70. The van der Waals surface area contributed by atoms with E-state index in [4.69, 9.17) is 6.85 Å². The van der Waals surface area contributed by atoms with Gasteiger partial charge in [0.15, 0.2) is 15.7 Å². The molecule has 1 aromatic heterocycles. The normalized spacial score (nSPS) is 17.9. The highest BCUT2D eigenvalue weighted by atomic mass is 32.2. The molecule has 0 spiro atoms. The Bertz CT molecular complexity index is 651. The van der Waals surface area contributed by atoms with Crippen LogP contribution in [0, 0.1) is 17.0 Å². The number of hydrogen-bond donors (Lipinski definition) is 0. The van der Waals surface area contributed by atoms with Crippen LogP contribution < -0.4 is 0 Å². The van der Waals surface area contributed by atoms with E-state index >= 15 is 0 Å². The van der Waals surface area contributed by atoms with E-state index in [-0.39, 0.29) is 5.82 Å². The summed E-state index contributed by atoms with van der Waals surface area (Å²) in [5, 5.41) is 10.7. The number of aromatic nitrogens is 2. The molecule has 0 atom stereocenters. The number of hydrogen-bond acceptors (Lipinski definition) is 5. The maximum Gasteiger partial charge on any atom is 0.342 e. The van der Waals surface area contributed by atoms with Gasteiger partial charge in [0, 0.05) is 19.5 Å². The van der Waals surface area contributed by atoms with E-state index in [0.717, 1.165) is 10.8 Å². The zero-order chi connectivity index (χ0) is 16.6. The van der Waals surface area contributed by atoms with Gasteiger partial charge in [-0.05, 0) is 4.92 Å². The minimum Gasteiger partial charge on any atom is -0.358 e. The molecule has 1 aromatic rings. The zero-order valence-corrected chi connectivity index (χ0v) is 9.19. The Hall–Kier alpha value is -1.44. The molecule has 0 N–H and O–H groups in total. The van der Waals surface area contributed by atoms with Crippen LogP contribution in [0.1, 0.15) is 19.5 Å². The second-order valence-corrected chi connectivity index (χ2v) is 4.84. The molecule has 0 saturated heterocycles. The topological polar surface area (TPSA) is 95.1 Å². The number of nitro groups is 1. The summed E-state index contributed by atoms with van der Waals surface area (Å²) in [6, 6.07) is 0. The quantitative estimate of drug-likeness (QED) is 0.562. The van der Waals surface area contributed by atoms with E-state index in [2.05, 4.69) is 4.98 Å². The van der Waals surface area contributed by atoms with Crippen molar-refractivity contribution in [2.24, 2.45) is 0 Å². The summed E-state index contributed by atoms with van der Waals surface area (Å²) in [7, 11) is -4.65. The lowest BCUT2D eigenvalue weighted by molar-refractivity contribution is -0.392. The number of sulfone groups is 1. The van der Waals surface area contributed by atoms with Crippen molar-refractivity contribution in [3.63, 3.8) is 0 Å². The monoisotopic (exact) mass is 252 g/mol. The van der Waals surface area contributed by atoms with Crippen molar-refractivity contribution in [2.45, 2.75) is 20.3 Å². The van der Waals surface area contributed by atoms with Crippen molar-refractivity contribution in [2.75, 3.05) is 11.5 Å². The highest BCUT2D eigenvalue weighted by Gasteiger charge is 2.19. The zero-order valence-electron chi connectivity index (χ0n) is 13.4. The van der Waals surface area contributed by atoms with Crippen molar-refractivity contribution in [1.82, 2.24) is 9.55 Å². The van der Waals surface area contributed by atoms with Crippen LogP contribution in [0.15, 0.2) is 6.20 Å². The van der Waals surface area contributed by atoms with E-state index in [0.29, 0.717) is 0 Å². The van der Waals surface area contributed by atoms with Crippen LogP contribution >= 0.6 is 0 Å². The molecule has 16 heavy (non-hydrogen) atoms. The van der Waals surface area contributed by atoms with Crippen LogP contribution in [0.4, 0.5) is 5.82 Å². The molecule has 0 fully saturated rings. The highest BCUT2D eigenvalue weighted by Crippen LogP contribution is 2.13. The fourth-order valence-electron chi connectivity index (χ4n) is 1.14. The third kappa shape index (κ3) is 2.78. The molecule has 8 heteroatoms. The van der Waals surface area contributed by atoms with Gasteiger partial charge in [-0.1, -0.05) is 6.85 Å². The first-order chi connectivity index (χ1) is 9.31. The summed E-state index contributed by atoms with van der Waals surface area (Å²) in [5.41, 5.74) is -3.43. The van der Waals surface area contributed by atoms with Gasteiger partial charge in [-0.3, -0.25) is 0 Å². The molecule has 0 saturated carbocycles. The minimum atomic E-state index is -4.65. The summed E-state index contributed by atoms with van der Waals surface area (Å²) >= 11 is 0. The van der Waals surface area contributed by atoms with Gasteiger partial charge in [-0.2, -0.15) is 0 Å². The first kappa shape index (κ1) is 7.00. The average Bonchev–Trinajstić information content (AvgIpc) is 2.66. The predicted octanol–water partition coefficient (Wildman–Crippen LogP) is 0.534. The van der Waals surface area contributed by atoms with Gasteiger partial charge in [0.2, 0.25) is 0 Å². The van der Waals surface area contributed by atoms with Gasteiger partial charge in [-0.25, -0.2) is 18.0 Å². The van der Waals surface area contributed by atoms with Gasteiger partial charge < -0.3 is 10.1 Å². The van der Waals surface area contributed by atoms with E-state index in [1.165, 1.54) is 6.92 Å². The van der Waals surface area contributed by atoms with Crippen LogP contribution in [-0.2, 0) is 16.4 Å². The van der Waals surface area contributed by atoms with Gasteiger partial charge in [0.1, 0.15) is 12.7 Å². The van der Waals surface area contributed by atoms with Crippen molar-refractivity contribution < 1.29 is 20.2 Å². The fourth-order valence-corrected chi connectivity index (χ4v) is 1.67. The Kier molecular flexibility index (Phi) is 2.01. The van der Waals surface area contributed by atoms with Crippen LogP contribution in [0.3, 0.4) is 0 Å². The SMILES string of the molecule is [2H]C([2H])([2H])C([2H])([2H])S(=O)(=O)CCn1c([N+](=O)[O-])cnc1C. The Morgan fingerprint density at radius 2 is 2.44 bits per heavy atom. The van der Waals surface area contributed by atoms with Crippen molar-refractivity contribution in [3.8, 4) is 0 Å². The largest absolute Gasteiger partial charge is 0.358 e. The van der Waals surface area contributed by atoms with Gasteiger partial charge in [0.25, 0.3) is 0 Å².